The van der Waals surface area contributed by atoms with Crippen molar-refractivity contribution in [2.45, 2.75) is 19.6 Å². The molecule has 0 unspecified atom stereocenters. The van der Waals surface area contributed by atoms with Gasteiger partial charge in [-0.2, -0.15) is 0 Å². The molecule has 0 radical (unpaired) electrons. The highest BCUT2D eigenvalue weighted by Gasteiger charge is 2.18. The number of hydrogen-bond donors (Lipinski definition) is 2. The van der Waals surface area contributed by atoms with Crippen molar-refractivity contribution in [2.75, 3.05) is 14.2 Å². The summed E-state index contributed by atoms with van der Waals surface area (Å²) in [6.45, 7) is -0.111. The molecule has 1 heterocycles. The van der Waals surface area contributed by atoms with E-state index in [2.05, 4.69) is 5.32 Å². The van der Waals surface area contributed by atoms with E-state index in [1.807, 2.05) is 30.3 Å². The molecule has 2 amide bonds. The van der Waals surface area contributed by atoms with Crippen molar-refractivity contribution in [1.29, 1.82) is 0 Å². The zero-order valence-electron chi connectivity index (χ0n) is 20.4. The van der Waals surface area contributed by atoms with E-state index >= 15 is 0 Å². The van der Waals surface area contributed by atoms with E-state index in [0.717, 1.165) is 14.7 Å². The summed E-state index contributed by atoms with van der Waals surface area (Å²) in [4.78, 5) is 50.8. The Kier molecular flexibility index (Phi) is 7.38. The predicted octanol–water partition coefficient (Wildman–Crippen LogP) is 1.64. The van der Waals surface area contributed by atoms with Crippen LogP contribution in [-0.2, 0) is 24.4 Å². The third kappa shape index (κ3) is 5.37. The van der Waals surface area contributed by atoms with Gasteiger partial charge in [0, 0.05) is 18.2 Å². The van der Waals surface area contributed by atoms with Gasteiger partial charge in [0.25, 0.3) is 11.5 Å². The number of ether oxygens (including phenoxy) is 2. The number of nitrogens with zero attached hydrogens (tertiary/aromatic N) is 2. The standard InChI is InChI=1S/C27H26N4O6/c1-36-22-12-20-21(13-23(22)37-2)30(16-24(28)32)27(35)31(26(20)34)15-18-8-10-19(11-9-18)25(33)29-14-17-6-4-3-5-7-17/h3-13H,14-16H2,1-2H3,(H2,28,32)(H,29,33). The second-order valence-corrected chi connectivity index (χ2v) is 8.32. The fourth-order valence-electron chi connectivity index (χ4n) is 4.02. The Morgan fingerprint density at radius 2 is 1.51 bits per heavy atom. The summed E-state index contributed by atoms with van der Waals surface area (Å²) < 4.78 is 12.7. The number of methoxy groups -OCH3 is 2. The number of fused-ring (bicyclic) bond motifs is 1. The molecule has 0 aliphatic rings. The normalized spacial score (nSPS) is 10.8. The van der Waals surface area contributed by atoms with Crippen molar-refractivity contribution < 1.29 is 19.1 Å². The molecule has 0 aliphatic heterocycles. The first-order valence-electron chi connectivity index (χ1n) is 11.4. The highest BCUT2D eigenvalue weighted by atomic mass is 16.5. The van der Waals surface area contributed by atoms with Crippen molar-refractivity contribution in [3.05, 3.63) is 104 Å². The molecular weight excluding hydrogens is 476 g/mol. The first-order chi connectivity index (χ1) is 17.8. The van der Waals surface area contributed by atoms with Gasteiger partial charge in [-0.15, -0.1) is 0 Å². The average molecular weight is 503 g/mol. The molecule has 0 bridgehead atoms. The molecule has 3 N–H and O–H groups in total. The highest BCUT2D eigenvalue weighted by molar-refractivity contribution is 5.94. The summed E-state index contributed by atoms with van der Waals surface area (Å²) >= 11 is 0. The molecule has 37 heavy (non-hydrogen) atoms. The Hall–Kier alpha value is -4.86. The number of hydrogen-bond acceptors (Lipinski definition) is 6. The van der Waals surface area contributed by atoms with Gasteiger partial charge in [-0.1, -0.05) is 42.5 Å². The predicted molar refractivity (Wildman–Crippen MR) is 138 cm³/mol. The molecule has 0 atom stereocenters. The third-order valence-corrected chi connectivity index (χ3v) is 5.90. The van der Waals surface area contributed by atoms with E-state index in [9.17, 15) is 19.2 Å². The Morgan fingerprint density at radius 1 is 0.865 bits per heavy atom. The van der Waals surface area contributed by atoms with Crippen molar-refractivity contribution in [3.8, 4) is 11.5 Å². The van der Waals surface area contributed by atoms with Gasteiger partial charge in [0.2, 0.25) is 5.91 Å². The molecule has 1 aromatic heterocycles. The van der Waals surface area contributed by atoms with Crippen molar-refractivity contribution in [2.24, 2.45) is 5.73 Å². The van der Waals surface area contributed by atoms with Crippen LogP contribution in [0.3, 0.4) is 0 Å². The van der Waals surface area contributed by atoms with Gasteiger partial charge in [0.15, 0.2) is 11.5 Å². The van der Waals surface area contributed by atoms with E-state index < -0.39 is 23.7 Å². The van der Waals surface area contributed by atoms with Crippen molar-refractivity contribution >= 4 is 22.7 Å². The number of amides is 2. The number of carbonyl (C=O) groups is 2. The molecule has 10 nitrogen and oxygen atoms in total. The second kappa shape index (κ2) is 10.8. The molecule has 0 saturated carbocycles. The van der Waals surface area contributed by atoms with Crippen LogP contribution in [0.25, 0.3) is 10.9 Å². The lowest BCUT2D eigenvalue weighted by Crippen LogP contribution is -2.42. The van der Waals surface area contributed by atoms with E-state index in [1.165, 1.54) is 26.4 Å². The van der Waals surface area contributed by atoms with Gasteiger partial charge in [-0.25, -0.2) is 4.79 Å². The molecule has 3 aromatic carbocycles. The lowest BCUT2D eigenvalue weighted by Gasteiger charge is -2.15. The quantitative estimate of drug-likeness (QED) is 0.357. The highest BCUT2D eigenvalue weighted by Crippen LogP contribution is 2.30. The third-order valence-electron chi connectivity index (χ3n) is 5.90. The van der Waals surface area contributed by atoms with Crippen LogP contribution < -0.4 is 31.8 Å². The van der Waals surface area contributed by atoms with E-state index in [1.54, 1.807) is 24.3 Å². The number of rotatable bonds is 9. The van der Waals surface area contributed by atoms with Gasteiger partial charge < -0.3 is 20.5 Å². The van der Waals surface area contributed by atoms with Crippen LogP contribution in [0.15, 0.2) is 76.3 Å². The zero-order chi connectivity index (χ0) is 26.5. The monoisotopic (exact) mass is 502 g/mol. The first-order valence-corrected chi connectivity index (χ1v) is 11.4. The number of benzene rings is 3. The minimum absolute atomic E-state index is 0.0768. The topological polar surface area (TPSA) is 135 Å². The molecular formula is C27H26N4O6. The molecule has 0 fully saturated rings. The van der Waals surface area contributed by atoms with Crippen molar-refractivity contribution in [1.82, 2.24) is 14.5 Å². The Bertz CT molecular complexity index is 1570. The van der Waals surface area contributed by atoms with Gasteiger partial charge in [-0.3, -0.25) is 23.5 Å². The fraction of sp³-hybridized carbons (Fsp3) is 0.185. The molecule has 4 rings (SSSR count). The van der Waals surface area contributed by atoms with Crippen LogP contribution in [0.2, 0.25) is 0 Å². The Morgan fingerprint density at radius 3 is 2.14 bits per heavy atom. The molecule has 0 saturated heterocycles. The van der Waals surface area contributed by atoms with Gasteiger partial charge >= 0.3 is 5.69 Å². The number of primary amides is 1. The van der Waals surface area contributed by atoms with E-state index in [-0.39, 0.29) is 23.4 Å². The van der Waals surface area contributed by atoms with Crippen LogP contribution in [0.1, 0.15) is 21.5 Å². The largest absolute Gasteiger partial charge is 0.493 e. The summed E-state index contributed by atoms with van der Waals surface area (Å²) in [6.07, 6.45) is 0. The SMILES string of the molecule is COc1cc2c(=O)n(Cc3ccc(C(=O)NCc4ccccc4)cc3)c(=O)n(CC(N)=O)c2cc1OC. The van der Waals surface area contributed by atoms with Crippen LogP contribution in [0, 0.1) is 0 Å². The average Bonchev–Trinajstić information content (AvgIpc) is 2.92. The minimum atomic E-state index is -0.741. The minimum Gasteiger partial charge on any atom is -0.493 e. The Balaban J connectivity index is 1.66. The summed E-state index contributed by atoms with van der Waals surface area (Å²) in [5, 5.41) is 3.02. The second-order valence-electron chi connectivity index (χ2n) is 8.32. The maximum Gasteiger partial charge on any atom is 0.332 e. The van der Waals surface area contributed by atoms with Crippen LogP contribution in [0.5, 0.6) is 11.5 Å². The summed E-state index contributed by atoms with van der Waals surface area (Å²) in [5.41, 5.74) is 6.35. The number of nitrogens with two attached hydrogens (primary N) is 1. The van der Waals surface area contributed by atoms with Gasteiger partial charge in [-0.05, 0) is 29.3 Å². The summed E-state index contributed by atoms with van der Waals surface area (Å²) in [7, 11) is 2.85. The maximum absolute atomic E-state index is 13.3. The molecule has 4 aromatic rings. The zero-order valence-corrected chi connectivity index (χ0v) is 20.4. The lowest BCUT2D eigenvalue weighted by molar-refractivity contribution is -0.118. The van der Waals surface area contributed by atoms with Crippen LogP contribution in [0.4, 0.5) is 0 Å². The lowest BCUT2D eigenvalue weighted by atomic mass is 10.1. The molecule has 0 spiro atoms. The van der Waals surface area contributed by atoms with Crippen LogP contribution in [-0.4, -0.2) is 35.2 Å². The Labute approximate surface area is 211 Å². The van der Waals surface area contributed by atoms with Crippen LogP contribution >= 0.6 is 0 Å². The fourth-order valence-corrected chi connectivity index (χ4v) is 4.02. The smallest absolute Gasteiger partial charge is 0.332 e. The molecule has 190 valence electrons. The molecule has 10 heteroatoms. The summed E-state index contributed by atoms with van der Waals surface area (Å²) in [6, 6.07) is 19.0. The first kappa shape index (κ1) is 25.2. The maximum atomic E-state index is 13.3. The van der Waals surface area contributed by atoms with Crippen molar-refractivity contribution in [3.63, 3.8) is 0 Å². The van der Waals surface area contributed by atoms with E-state index in [4.69, 9.17) is 15.2 Å². The number of aromatic nitrogens is 2. The van der Waals surface area contributed by atoms with E-state index in [0.29, 0.717) is 29.2 Å². The van der Waals surface area contributed by atoms with Gasteiger partial charge in [0.1, 0.15) is 6.54 Å². The number of nitrogens with one attached hydrogen (secondary N) is 1. The number of carbonyl (C=O) groups excluding carboxylic acids is 2. The summed E-state index contributed by atoms with van der Waals surface area (Å²) in [5.74, 6) is -0.392. The molecule has 0 aliphatic carbocycles. The van der Waals surface area contributed by atoms with Gasteiger partial charge in [0.05, 0.1) is 31.7 Å².